The maximum absolute atomic E-state index is 12.7. The smallest absolute Gasteiger partial charge is 0.270 e. The van der Waals surface area contributed by atoms with E-state index in [1.807, 2.05) is 12.1 Å². The zero-order chi connectivity index (χ0) is 21.8. The lowest BCUT2D eigenvalue weighted by Gasteiger charge is -2.57. The van der Waals surface area contributed by atoms with Gasteiger partial charge in [0.15, 0.2) is 0 Å². The number of aliphatic hydroxyl groups is 1. The molecule has 0 spiro atoms. The van der Waals surface area contributed by atoms with E-state index in [2.05, 4.69) is 31.1 Å². The SMILES string of the molecule is C[C@@H](NC(=O)c1ccccn1)[C@H]1CC[C@H]2[C@@H]3CC[C@@H]4C[C@](C)(O)CC[C@@H]4[C@H]3CC[C@]12C. The highest BCUT2D eigenvalue weighted by atomic mass is 16.3. The molecule has 4 aliphatic rings. The molecule has 31 heavy (non-hydrogen) atoms. The van der Waals surface area contributed by atoms with Crippen LogP contribution in [0.15, 0.2) is 24.4 Å². The second-order valence-electron chi connectivity index (χ2n) is 11.9. The summed E-state index contributed by atoms with van der Waals surface area (Å²) in [5.41, 5.74) is 0.422. The Hall–Kier alpha value is -1.42. The summed E-state index contributed by atoms with van der Waals surface area (Å²) in [6, 6.07) is 5.71. The van der Waals surface area contributed by atoms with Crippen LogP contribution in [0.3, 0.4) is 0 Å². The number of fused-ring (bicyclic) bond motifs is 5. The lowest BCUT2D eigenvalue weighted by atomic mass is 9.49. The molecule has 0 saturated heterocycles. The number of carbonyl (C=O) groups is 1. The van der Waals surface area contributed by atoms with Crippen molar-refractivity contribution < 1.29 is 9.90 Å². The Morgan fingerprint density at radius 2 is 1.87 bits per heavy atom. The fourth-order valence-corrected chi connectivity index (χ4v) is 8.82. The molecule has 1 aromatic heterocycles. The Balaban J connectivity index is 1.28. The van der Waals surface area contributed by atoms with Gasteiger partial charge in [-0.05, 0) is 125 Å². The fourth-order valence-electron chi connectivity index (χ4n) is 8.82. The molecule has 0 aliphatic heterocycles. The number of nitrogens with zero attached hydrogens (tertiary/aromatic N) is 1. The van der Waals surface area contributed by atoms with Crippen molar-refractivity contribution in [2.75, 3.05) is 0 Å². The van der Waals surface area contributed by atoms with Crippen LogP contribution >= 0.6 is 0 Å². The van der Waals surface area contributed by atoms with Gasteiger partial charge in [-0.25, -0.2) is 0 Å². The molecule has 5 rings (SSSR count). The molecule has 1 amide bonds. The quantitative estimate of drug-likeness (QED) is 0.699. The van der Waals surface area contributed by atoms with Crippen LogP contribution in [-0.2, 0) is 0 Å². The van der Waals surface area contributed by atoms with Gasteiger partial charge in [0.05, 0.1) is 5.60 Å². The minimum atomic E-state index is -0.434. The average molecular weight is 425 g/mol. The van der Waals surface area contributed by atoms with Crippen LogP contribution in [0.4, 0.5) is 0 Å². The number of aromatic nitrogens is 1. The molecule has 4 saturated carbocycles. The van der Waals surface area contributed by atoms with Crippen molar-refractivity contribution in [3.63, 3.8) is 0 Å². The zero-order valence-electron chi connectivity index (χ0n) is 19.5. The van der Waals surface area contributed by atoms with E-state index in [9.17, 15) is 9.90 Å². The minimum absolute atomic E-state index is 0.0383. The Kier molecular flexibility index (Phi) is 5.44. The van der Waals surface area contributed by atoms with Gasteiger partial charge in [0, 0.05) is 12.2 Å². The fraction of sp³-hybridized carbons (Fsp3) is 0.778. The molecule has 9 atom stereocenters. The van der Waals surface area contributed by atoms with Crippen LogP contribution in [0.5, 0.6) is 0 Å². The Morgan fingerprint density at radius 3 is 2.65 bits per heavy atom. The van der Waals surface area contributed by atoms with E-state index >= 15 is 0 Å². The predicted molar refractivity (Wildman–Crippen MR) is 122 cm³/mol. The van der Waals surface area contributed by atoms with E-state index in [0.29, 0.717) is 17.0 Å². The number of carbonyl (C=O) groups excluding carboxylic acids is 1. The molecular weight excluding hydrogens is 384 g/mol. The molecule has 2 N–H and O–H groups in total. The van der Waals surface area contributed by atoms with E-state index in [-0.39, 0.29) is 11.9 Å². The van der Waals surface area contributed by atoms with E-state index in [4.69, 9.17) is 0 Å². The first-order valence-corrected chi connectivity index (χ1v) is 12.7. The van der Waals surface area contributed by atoms with Gasteiger partial charge >= 0.3 is 0 Å². The van der Waals surface area contributed by atoms with Crippen molar-refractivity contribution in [1.29, 1.82) is 0 Å². The maximum atomic E-state index is 12.7. The highest BCUT2D eigenvalue weighted by molar-refractivity contribution is 5.92. The Labute approximate surface area is 187 Å². The first-order valence-electron chi connectivity index (χ1n) is 12.7. The molecule has 0 aromatic carbocycles. The molecule has 4 heteroatoms. The summed E-state index contributed by atoms with van der Waals surface area (Å²) in [6.07, 6.45) is 12.8. The van der Waals surface area contributed by atoms with Crippen molar-refractivity contribution in [2.45, 2.75) is 90.2 Å². The number of amides is 1. The monoisotopic (exact) mass is 424 g/mol. The molecule has 0 radical (unpaired) electrons. The standard InChI is InChI=1S/C27H40N2O2/c1-17(29-25(30)24-6-4-5-15-28-24)22-9-10-23-21-8-7-18-16-26(2,31)13-11-19(18)20(21)12-14-27(22,23)3/h4-6,15,17-23,31H,7-14,16H2,1-3H3,(H,29,30)/t17-,18-,19+,20-,21-,22-,23+,26-,27-/m1/s1. The van der Waals surface area contributed by atoms with Crippen molar-refractivity contribution in [2.24, 2.45) is 40.9 Å². The average Bonchev–Trinajstić information content (AvgIpc) is 3.10. The topological polar surface area (TPSA) is 62.2 Å². The molecule has 1 aromatic rings. The molecule has 4 nitrogen and oxygen atoms in total. The molecule has 0 unspecified atom stereocenters. The summed E-state index contributed by atoms with van der Waals surface area (Å²) >= 11 is 0. The van der Waals surface area contributed by atoms with Crippen molar-refractivity contribution >= 4 is 5.91 Å². The number of hydrogen-bond acceptors (Lipinski definition) is 3. The number of hydrogen-bond donors (Lipinski definition) is 2. The summed E-state index contributed by atoms with van der Waals surface area (Å²) in [4.78, 5) is 16.9. The third kappa shape index (κ3) is 3.73. The predicted octanol–water partition coefficient (Wildman–Crippen LogP) is 5.22. The lowest BCUT2D eigenvalue weighted by molar-refractivity contribution is -0.101. The summed E-state index contributed by atoms with van der Waals surface area (Å²) < 4.78 is 0. The van der Waals surface area contributed by atoms with Crippen LogP contribution in [0, 0.1) is 40.9 Å². The minimum Gasteiger partial charge on any atom is -0.390 e. The molecule has 170 valence electrons. The molecule has 4 aliphatic carbocycles. The molecular formula is C27H40N2O2. The van der Waals surface area contributed by atoms with Gasteiger partial charge < -0.3 is 10.4 Å². The Bertz CT molecular complexity index is 809. The van der Waals surface area contributed by atoms with Gasteiger partial charge in [-0.3, -0.25) is 9.78 Å². The van der Waals surface area contributed by atoms with Crippen LogP contribution in [-0.4, -0.2) is 27.6 Å². The van der Waals surface area contributed by atoms with Gasteiger partial charge in [-0.1, -0.05) is 13.0 Å². The normalized spacial score (nSPS) is 45.2. The van der Waals surface area contributed by atoms with E-state index in [0.717, 1.165) is 42.4 Å². The zero-order valence-corrected chi connectivity index (χ0v) is 19.5. The molecule has 1 heterocycles. The second-order valence-corrected chi connectivity index (χ2v) is 11.9. The van der Waals surface area contributed by atoms with E-state index in [1.54, 1.807) is 12.3 Å². The van der Waals surface area contributed by atoms with Crippen molar-refractivity contribution in [3.05, 3.63) is 30.1 Å². The highest BCUT2D eigenvalue weighted by Gasteiger charge is 2.58. The maximum Gasteiger partial charge on any atom is 0.270 e. The van der Waals surface area contributed by atoms with Crippen LogP contribution in [0.25, 0.3) is 0 Å². The molecule has 4 fully saturated rings. The van der Waals surface area contributed by atoms with Gasteiger partial charge in [-0.15, -0.1) is 0 Å². The largest absolute Gasteiger partial charge is 0.390 e. The molecule has 0 bridgehead atoms. The highest BCUT2D eigenvalue weighted by Crippen LogP contribution is 2.65. The van der Waals surface area contributed by atoms with E-state index < -0.39 is 5.60 Å². The first kappa shape index (κ1) is 21.4. The van der Waals surface area contributed by atoms with Crippen LogP contribution in [0.2, 0.25) is 0 Å². The number of nitrogens with one attached hydrogen (secondary N) is 1. The number of rotatable bonds is 3. The van der Waals surface area contributed by atoms with Crippen LogP contribution in [0.1, 0.15) is 89.0 Å². The van der Waals surface area contributed by atoms with Gasteiger partial charge in [0.25, 0.3) is 5.91 Å². The van der Waals surface area contributed by atoms with Crippen LogP contribution < -0.4 is 5.32 Å². The number of pyridine rings is 1. The van der Waals surface area contributed by atoms with Gasteiger partial charge in [-0.2, -0.15) is 0 Å². The second kappa shape index (κ2) is 7.86. The lowest BCUT2D eigenvalue weighted by Crippen LogP contribution is -2.52. The summed E-state index contributed by atoms with van der Waals surface area (Å²) in [5.74, 6) is 4.61. The van der Waals surface area contributed by atoms with Crippen molar-refractivity contribution in [3.8, 4) is 0 Å². The third-order valence-electron chi connectivity index (χ3n) is 10.2. The summed E-state index contributed by atoms with van der Waals surface area (Å²) in [5, 5.41) is 13.9. The van der Waals surface area contributed by atoms with Crippen molar-refractivity contribution in [1.82, 2.24) is 10.3 Å². The first-order chi connectivity index (χ1) is 14.8. The van der Waals surface area contributed by atoms with Gasteiger partial charge in [0.1, 0.15) is 5.69 Å². The Morgan fingerprint density at radius 1 is 1.06 bits per heavy atom. The summed E-state index contributed by atoms with van der Waals surface area (Å²) in [6.45, 7) is 6.80. The summed E-state index contributed by atoms with van der Waals surface area (Å²) in [7, 11) is 0. The van der Waals surface area contributed by atoms with Gasteiger partial charge in [0.2, 0.25) is 0 Å². The third-order valence-corrected chi connectivity index (χ3v) is 10.2. The van der Waals surface area contributed by atoms with E-state index in [1.165, 1.54) is 44.9 Å².